The number of aliphatic imine (C=N–C) groups is 1. The van der Waals surface area contributed by atoms with Crippen LogP contribution >= 0.6 is 0 Å². The van der Waals surface area contributed by atoms with Gasteiger partial charge in [0.2, 0.25) is 0 Å². The Bertz CT molecular complexity index is 478. The molecule has 0 aromatic rings. The van der Waals surface area contributed by atoms with Crippen molar-refractivity contribution in [2.75, 3.05) is 13.6 Å². The first-order valence-electron chi connectivity index (χ1n) is 9.40. The Morgan fingerprint density at radius 3 is 2.78 bits per heavy atom. The predicted octanol–water partition coefficient (Wildman–Crippen LogP) is 1.92. The van der Waals surface area contributed by atoms with Crippen LogP contribution in [-0.2, 0) is 0 Å². The number of hydrogen-bond acceptors (Lipinski definition) is 2. The molecule has 1 saturated heterocycles. The van der Waals surface area contributed by atoms with Crippen LogP contribution in [0.1, 0.15) is 71.1 Å². The van der Waals surface area contributed by atoms with E-state index in [2.05, 4.69) is 36.1 Å². The number of nitrogens with zero attached hydrogens (tertiary/aromatic N) is 2. The summed E-state index contributed by atoms with van der Waals surface area (Å²) in [4.78, 5) is 7.17. The maximum Gasteiger partial charge on any atom is 0.159 e. The minimum absolute atomic E-state index is 0. The summed E-state index contributed by atoms with van der Waals surface area (Å²) in [7, 11) is 2.29. The van der Waals surface area contributed by atoms with Crippen LogP contribution in [0, 0.1) is 12.1 Å². The predicted molar refractivity (Wildman–Crippen MR) is 94.0 cm³/mol. The molecule has 0 aromatic heterocycles. The molecule has 0 bridgehead atoms. The van der Waals surface area contributed by atoms with E-state index in [0.717, 1.165) is 12.3 Å². The highest BCUT2D eigenvalue weighted by molar-refractivity contribution is 6.02. The number of hydrogen-bond donors (Lipinski definition) is 0. The second-order valence-electron chi connectivity index (χ2n) is 7.30. The van der Waals surface area contributed by atoms with Crippen molar-refractivity contribution in [1.29, 1.82) is 0 Å². The van der Waals surface area contributed by atoms with Gasteiger partial charge in [-0.25, -0.2) is 0 Å². The summed E-state index contributed by atoms with van der Waals surface area (Å²) < 4.78 is 0. The van der Waals surface area contributed by atoms with Crippen molar-refractivity contribution in [3.63, 3.8) is 0 Å². The Morgan fingerprint density at radius 1 is 1.17 bits per heavy atom. The fourth-order valence-electron chi connectivity index (χ4n) is 4.48. The van der Waals surface area contributed by atoms with Gasteiger partial charge in [0.15, 0.2) is 11.9 Å². The Balaban J connectivity index is 0.00000192. The molecule has 3 rings (SSSR count). The van der Waals surface area contributed by atoms with Gasteiger partial charge < -0.3 is 24.0 Å². The van der Waals surface area contributed by atoms with E-state index in [4.69, 9.17) is 0 Å². The smallest absolute Gasteiger partial charge is 0.159 e. The second kappa shape index (κ2) is 9.29. The van der Waals surface area contributed by atoms with Gasteiger partial charge in [-0.05, 0) is 45.2 Å². The molecule has 3 heteroatoms. The third-order valence-corrected chi connectivity index (χ3v) is 5.74. The van der Waals surface area contributed by atoms with Gasteiger partial charge in [-0.1, -0.05) is 44.0 Å². The highest BCUT2D eigenvalue weighted by Crippen LogP contribution is 2.41. The largest absolute Gasteiger partial charge is 1.00 e. The van der Waals surface area contributed by atoms with Gasteiger partial charge in [-0.15, -0.1) is 0 Å². The summed E-state index contributed by atoms with van der Waals surface area (Å²) in [6.45, 7) is 3.53. The molecule has 128 valence electrons. The average molecular weight is 426 g/mol. The topological polar surface area (TPSA) is 15.6 Å². The van der Waals surface area contributed by atoms with E-state index in [1.807, 2.05) is 0 Å². The van der Waals surface area contributed by atoms with Crippen LogP contribution in [-0.4, -0.2) is 30.2 Å². The molecule has 2 atom stereocenters. The zero-order valence-electron chi connectivity index (χ0n) is 14.8. The lowest BCUT2D eigenvalue weighted by Gasteiger charge is -2.29. The van der Waals surface area contributed by atoms with Crippen molar-refractivity contribution < 1.29 is 24.0 Å². The van der Waals surface area contributed by atoms with Crippen LogP contribution in [0.15, 0.2) is 22.2 Å². The van der Waals surface area contributed by atoms with Crippen LogP contribution in [0.2, 0.25) is 0 Å². The molecule has 1 fully saturated rings. The number of halogens is 1. The van der Waals surface area contributed by atoms with Gasteiger partial charge in [0.1, 0.15) is 6.08 Å². The van der Waals surface area contributed by atoms with Crippen molar-refractivity contribution in [3.8, 4) is 0 Å². The minimum Gasteiger partial charge on any atom is -1.00 e. The van der Waals surface area contributed by atoms with Crippen molar-refractivity contribution >= 4 is 5.71 Å². The molecular weight excluding hydrogens is 395 g/mol. The van der Waals surface area contributed by atoms with Crippen LogP contribution in [0.3, 0.4) is 0 Å². The minimum atomic E-state index is 0. The number of likely N-dealkylation sites (tertiary alicyclic amines) is 1. The molecule has 1 aliphatic carbocycles. The fourth-order valence-corrected chi connectivity index (χ4v) is 4.48. The lowest BCUT2D eigenvalue weighted by atomic mass is 9.77. The van der Waals surface area contributed by atoms with E-state index in [1.165, 1.54) is 70.0 Å². The normalized spacial score (nSPS) is 26.3. The Kier molecular flexibility index (Phi) is 7.71. The van der Waals surface area contributed by atoms with Gasteiger partial charge in [0, 0.05) is 6.42 Å². The van der Waals surface area contributed by atoms with Gasteiger partial charge in [0.25, 0.3) is 0 Å². The summed E-state index contributed by atoms with van der Waals surface area (Å²) in [5.74, 6) is 0.871. The number of fused-ring (bicyclic) bond motifs is 2. The molecule has 2 unspecified atom stereocenters. The zero-order valence-corrected chi connectivity index (χ0v) is 16.9. The van der Waals surface area contributed by atoms with Gasteiger partial charge in [-0.2, -0.15) is 0 Å². The molecule has 0 amide bonds. The average Bonchev–Trinajstić information content (AvgIpc) is 2.92. The van der Waals surface area contributed by atoms with Crippen LogP contribution in [0.25, 0.3) is 0 Å². The molecule has 0 N–H and O–H groups in total. The maximum atomic E-state index is 4.62. The first kappa shape index (κ1) is 19.1. The third-order valence-electron chi connectivity index (χ3n) is 5.74. The van der Waals surface area contributed by atoms with Crippen molar-refractivity contribution in [2.45, 2.75) is 77.2 Å². The maximum absolute atomic E-state index is 4.62. The molecule has 0 radical (unpaired) electrons. The van der Waals surface area contributed by atoms with Crippen molar-refractivity contribution in [1.82, 2.24) is 4.90 Å². The van der Waals surface area contributed by atoms with E-state index in [9.17, 15) is 0 Å². The van der Waals surface area contributed by atoms with E-state index in [-0.39, 0.29) is 24.0 Å². The third kappa shape index (κ3) is 4.43. The first-order valence-corrected chi connectivity index (χ1v) is 9.40. The highest BCUT2D eigenvalue weighted by atomic mass is 127. The lowest BCUT2D eigenvalue weighted by molar-refractivity contribution is -0.00000471. The molecular formula is C20H31IN2. The number of rotatable bonds is 7. The quantitative estimate of drug-likeness (QED) is 0.345. The Labute approximate surface area is 159 Å². The van der Waals surface area contributed by atoms with E-state index >= 15 is 0 Å². The molecule has 2 heterocycles. The molecule has 2 nitrogen and oxygen atoms in total. The molecule has 0 saturated carbocycles. The van der Waals surface area contributed by atoms with E-state index in [0.29, 0.717) is 6.04 Å². The van der Waals surface area contributed by atoms with Gasteiger partial charge in [-0.3, -0.25) is 4.90 Å². The van der Waals surface area contributed by atoms with E-state index < -0.39 is 0 Å². The number of unbranched alkanes of at least 4 members (excludes halogenated alkanes) is 5. The van der Waals surface area contributed by atoms with Gasteiger partial charge in [0.05, 0.1) is 17.2 Å². The fraction of sp³-hybridized carbons (Fsp3) is 0.750. The highest BCUT2D eigenvalue weighted by Gasteiger charge is 2.43. The summed E-state index contributed by atoms with van der Waals surface area (Å²) in [6, 6.07) is 0.645. The second-order valence-corrected chi connectivity index (χ2v) is 7.30. The summed E-state index contributed by atoms with van der Waals surface area (Å²) in [5.41, 5.74) is 4.47. The van der Waals surface area contributed by atoms with Crippen molar-refractivity contribution in [3.05, 3.63) is 23.4 Å². The SMILES string of the molecule is CCCCCCCCC1=N[C+]=CC2=C1CCC1CCN(C)C21.[I-]. The Hall–Kier alpha value is -0.250. The zero-order chi connectivity index (χ0) is 15.4. The summed E-state index contributed by atoms with van der Waals surface area (Å²) in [5, 5.41) is 0. The first-order chi connectivity index (χ1) is 10.8. The van der Waals surface area contributed by atoms with E-state index in [1.54, 1.807) is 11.1 Å². The molecule has 0 aromatic carbocycles. The van der Waals surface area contributed by atoms with Crippen LogP contribution in [0.4, 0.5) is 0 Å². The summed E-state index contributed by atoms with van der Waals surface area (Å²) >= 11 is 0. The molecule has 3 aliphatic rings. The van der Waals surface area contributed by atoms with Crippen LogP contribution in [0.5, 0.6) is 0 Å². The monoisotopic (exact) mass is 426 g/mol. The standard InChI is InChI=1S/C20H31N2.HI/c1-3-4-5-6-7-8-9-19-17-11-10-16-13-15-22(2)20(16)18(17)12-14-21-19;/h12,16,20H,3-11,13,15H2,1-2H3;1H/q+1;/p-1. The lowest BCUT2D eigenvalue weighted by Crippen LogP contribution is -3.00. The van der Waals surface area contributed by atoms with Gasteiger partial charge >= 0.3 is 0 Å². The Morgan fingerprint density at radius 2 is 1.96 bits per heavy atom. The van der Waals surface area contributed by atoms with Crippen molar-refractivity contribution in [2.24, 2.45) is 10.9 Å². The molecule has 2 aliphatic heterocycles. The number of likely N-dealkylation sites (N-methyl/N-ethyl adjacent to an activating group) is 1. The summed E-state index contributed by atoms with van der Waals surface area (Å²) in [6.07, 6.45) is 18.7. The van der Waals surface area contributed by atoms with Crippen LogP contribution < -0.4 is 24.0 Å². The molecule has 23 heavy (non-hydrogen) atoms. The molecule has 0 spiro atoms. The number of allylic oxidation sites excluding steroid dienone is 1.